The first kappa shape index (κ1) is 13.6. The Labute approximate surface area is 123 Å². The summed E-state index contributed by atoms with van der Waals surface area (Å²) in [6.45, 7) is 0. The van der Waals surface area contributed by atoms with Crippen LogP contribution in [0, 0.1) is 0 Å². The second-order valence-corrected chi connectivity index (χ2v) is 6.77. The molecule has 0 aliphatic rings. The number of rotatable bonds is 3. The number of imidazole rings is 1. The van der Waals surface area contributed by atoms with Crippen molar-refractivity contribution in [2.24, 2.45) is 0 Å². The van der Waals surface area contributed by atoms with E-state index in [9.17, 15) is 8.42 Å². The van der Waals surface area contributed by atoms with E-state index in [0.29, 0.717) is 4.90 Å². The molecule has 0 bridgehead atoms. The van der Waals surface area contributed by atoms with Crippen LogP contribution in [0.25, 0.3) is 17.1 Å². The van der Waals surface area contributed by atoms with Gasteiger partial charge in [-0.2, -0.15) is 0 Å². The molecule has 5 heteroatoms. The van der Waals surface area contributed by atoms with E-state index in [1.807, 2.05) is 41.1 Å². The Morgan fingerprint density at radius 2 is 1.62 bits per heavy atom. The van der Waals surface area contributed by atoms with Gasteiger partial charge in [-0.25, -0.2) is 13.4 Å². The molecule has 3 rings (SSSR count). The van der Waals surface area contributed by atoms with E-state index in [4.69, 9.17) is 0 Å². The monoisotopic (exact) mass is 298 g/mol. The smallest absolute Gasteiger partial charge is 0.175 e. The lowest BCUT2D eigenvalue weighted by atomic mass is 10.2. The third-order valence-corrected chi connectivity index (χ3v) is 4.34. The topological polar surface area (TPSA) is 52.0 Å². The fourth-order valence-corrected chi connectivity index (χ4v) is 2.80. The number of benzene rings is 2. The van der Waals surface area contributed by atoms with Crippen LogP contribution >= 0.6 is 0 Å². The van der Waals surface area contributed by atoms with Crippen LogP contribution in [0.3, 0.4) is 0 Å². The standard InChI is InChI=1S/C16H14N2O2S/c1-21(19,20)15-9-7-13(8-10-15)16-17-11-12-18(16)14-5-3-2-4-6-14/h2-12H,1H3. The highest BCUT2D eigenvalue weighted by atomic mass is 32.2. The van der Waals surface area contributed by atoms with Gasteiger partial charge in [0.05, 0.1) is 4.90 Å². The zero-order valence-corrected chi connectivity index (χ0v) is 12.3. The van der Waals surface area contributed by atoms with Crippen LogP contribution in [0.15, 0.2) is 71.9 Å². The molecule has 1 heterocycles. The number of aromatic nitrogens is 2. The molecule has 0 N–H and O–H groups in total. The van der Waals surface area contributed by atoms with Crippen molar-refractivity contribution in [3.8, 4) is 17.1 Å². The van der Waals surface area contributed by atoms with Crippen molar-refractivity contribution in [3.05, 3.63) is 67.0 Å². The van der Waals surface area contributed by atoms with Gasteiger partial charge in [0.25, 0.3) is 0 Å². The van der Waals surface area contributed by atoms with Crippen LogP contribution in [0.1, 0.15) is 0 Å². The minimum atomic E-state index is -3.18. The van der Waals surface area contributed by atoms with Crippen molar-refractivity contribution >= 4 is 9.84 Å². The molecule has 2 aromatic carbocycles. The van der Waals surface area contributed by atoms with E-state index in [2.05, 4.69) is 4.98 Å². The molecule has 0 saturated carbocycles. The summed E-state index contributed by atoms with van der Waals surface area (Å²) in [5.41, 5.74) is 1.88. The molecule has 1 aromatic heterocycles. The highest BCUT2D eigenvalue weighted by Crippen LogP contribution is 2.22. The Balaban J connectivity index is 2.05. The predicted octanol–water partition coefficient (Wildman–Crippen LogP) is 2.94. The average molecular weight is 298 g/mol. The van der Waals surface area contributed by atoms with Gasteiger partial charge in [0.15, 0.2) is 9.84 Å². The lowest BCUT2D eigenvalue weighted by Crippen LogP contribution is -1.98. The molecule has 0 aliphatic carbocycles. The Hall–Kier alpha value is -2.40. The summed E-state index contributed by atoms with van der Waals surface area (Å²) in [6.07, 6.45) is 4.81. The van der Waals surface area contributed by atoms with Gasteiger partial charge in [0, 0.05) is 29.9 Å². The fourth-order valence-electron chi connectivity index (χ4n) is 2.17. The minimum Gasteiger partial charge on any atom is -0.300 e. The van der Waals surface area contributed by atoms with Gasteiger partial charge >= 0.3 is 0 Å². The van der Waals surface area contributed by atoms with Crippen molar-refractivity contribution in [2.45, 2.75) is 4.90 Å². The normalized spacial score (nSPS) is 11.5. The summed E-state index contributed by atoms with van der Waals surface area (Å²) in [5.74, 6) is 0.779. The lowest BCUT2D eigenvalue weighted by Gasteiger charge is -2.08. The zero-order chi connectivity index (χ0) is 14.9. The predicted molar refractivity (Wildman–Crippen MR) is 82.1 cm³/mol. The maximum absolute atomic E-state index is 11.5. The number of nitrogens with zero attached hydrogens (tertiary/aromatic N) is 2. The number of hydrogen-bond donors (Lipinski definition) is 0. The first-order valence-corrected chi connectivity index (χ1v) is 8.34. The molecule has 21 heavy (non-hydrogen) atoms. The molecule has 106 valence electrons. The second-order valence-electron chi connectivity index (χ2n) is 4.75. The maximum Gasteiger partial charge on any atom is 0.175 e. The van der Waals surface area contributed by atoms with Gasteiger partial charge in [-0.05, 0) is 36.4 Å². The molecule has 0 radical (unpaired) electrons. The number of para-hydroxylation sites is 1. The summed E-state index contributed by atoms with van der Waals surface area (Å²) in [7, 11) is -3.18. The second kappa shape index (κ2) is 5.18. The molecule has 0 aliphatic heterocycles. The summed E-state index contributed by atoms with van der Waals surface area (Å²) in [4.78, 5) is 4.68. The Morgan fingerprint density at radius 1 is 0.952 bits per heavy atom. The van der Waals surface area contributed by atoms with Gasteiger partial charge in [0.2, 0.25) is 0 Å². The van der Waals surface area contributed by atoms with E-state index >= 15 is 0 Å². The Morgan fingerprint density at radius 3 is 2.24 bits per heavy atom. The molecule has 3 aromatic rings. The molecule has 0 fully saturated rings. The minimum absolute atomic E-state index is 0.309. The Bertz CT molecular complexity index is 851. The molecule has 4 nitrogen and oxygen atoms in total. The summed E-state index contributed by atoms with van der Waals surface area (Å²) in [5, 5.41) is 0. The first-order valence-electron chi connectivity index (χ1n) is 6.45. The van der Waals surface area contributed by atoms with E-state index in [0.717, 1.165) is 17.1 Å². The van der Waals surface area contributed by atoms with E-state index in [1.165, 1.54) is 6.26 Å². The Kier molecular flexibility index (Phi) is 3.35. The average Bonchev–Trinajstić information content (AvgIpc) is 2.97. The highest BCUT2D eigenvalue weighted by molar-refractivity contribution is 7.90. The van der Waals surface area contributed by atoms with Crippen molar-refractivity contribution in [1.82, 2.24) is 9.55 Å². The van der Waals surface area contributed by atoms with Gasteiger partial charge < -0.3 is 0 Å². The van der Waals surface area contributed by atoms with Crippen molar-refractivity contribution < 1.29 is 8.42 Å². The number of hydrogen-bond acceptors (Lipinski definition) is 3. The molecule has 0 atom stereocenters. The van der Waals surface area contributed by atoms with Crippen molar-refractivity contribution in [3.63, 3.8) is 0 Å². The van der Waals surface area contributed by atoms with Gasteiger partial charge in [0.1, 0.15) is 5.82 Å². The molecule has 0 amide bonds. The maximum atomic E-state index is 11.5. The van der Waals surface area contributed by atoms with Crippen LogP contribution in [0.5, 0.6) is 0 Å². The van der Waals surface area contributed by atoms with E-state index in [1.54, 1.807) is 30.5 Å². The molecular weight excluding hydrogens is 284 g/mol. The van der Waals surface area contributed by atoms with Crippen molar-refractivity contribution in [1.29, 1.82) is 0 Å². The first-order chi connectivity index (χ1) is 10.1. The summed E-state index contributed by atoms with van der Waals surface area (Å²) in [6, 6.07) is 16.6. The fraction of sp³-hybridized carbons (Fsp3) is 0.0625. The van der Waals surface area contributed by atoms with Gasteiger partial charge in [-0.1, -0.05) is 18.2 Å². The zero-order valence-electron chi connectivity index (χ0n) is 11.5. The SMILES string of the molecule is CS(=O)(=O)c1ccc(-c2nccn2-c2ccccc2)cc1. The van der Waals surface area contributed by atoms with Crippen LogP contribution in [-0.2, 0) is 9.84 Å². The van der Waals surface area contributed by atoms with Crippen LogP contribution < -0.4 is 0 Å². The molecular formula is C16H14N2O2S. The molecule has 0 saturated heterocycles. The van der Waals surface area contributed by atoms with Crippen LogP contribution in [-0.4, -0.2) is 24.2 Å². The van der Waals surface area contributed by atoms with Crippen LogP contribution in [0.4, 0.5) is 0 Å². The molecule has 0 unspecified atom stereocenters. The molecule has 0 spiro atoms. The third kappa shape index (κ3) is 2.73. The quantitative estimate of drug-likeness (QED) is 0.747. The summed E-state index contributed by atoms with van der Waals surface area (Å²) >= 11 is 0. The van der Waals surface area contributed by atoms with E-state index in [-0.39, 0.29) is 0 Å². The van der Waals surface area contributed by atoms with Crippen LogP contribution in [0.2, 0.25) is 0 Å². The van der Waals surface area contributed by atoms with Gasteiger partial charge in [-0.15, -0.1) is 0 Å². The van der Waals surface area contributed by atoms with E-state index < -0.39 is 9.84 Å². The van der Waals surface area contributed by atoms with Gasteiger partial charge in [-0.3, -0.25) is 4.57 Å². The summed E-state index contributed by atoms with van der Waals surface area (Å²) < 4.78 is 25.0. The third-order valence-electron chi connectivity index (χ3n) is 3.22. The lowest BCUT2D eigenvalue weighted by molar-refractivity contribution is 0.602. The largest absolute Gasteiger partial charge is 0.300 e. The van der Waals surface area contributed by atoms with Crippen molar-refractivity contribution in [2.75, 3.05) is 6.26 Å². The highest BCUT2D eigenvalue weighted by Gasteiger charge is 2.10. The number of sulfone groups is 1.